The van der Waals surface area contributed by atoms with Gasteiger partial charge in [-0.3, -0.25) is 4.79 Å². The molecule has 24 heavy (non-hydrogen) atoms. The lowest BCUT2D eigenvalue weighted by molar-refractivity contribution is 0.0472. The van der Waals surface area contributed by atoms with E-state index in [1.165, 1.54) is 6.07 Å². The number of carbonyl (C=O) groups is 2. The predicted molar refractivity (Wildman–Crippen MR) is 91.4 cm³/mol. The Bertz CT molecular complexity index is 911. The van der Waals surface area contributed by atoms with Crippen molar-refractivity contribution in [2.24, 2.45) is 0 Å². The molecule has 4 nitrogen and oxygen atoms in total. The zero-order valence-corrected chi connectivity index (χ0v) is 13.2. The fourth-order valence-corrected chi connectivity index (χ4v) is 2.42. The van der Waals surface area contributed by atoms with Gasteiger partial charge in [-0.1, -0.05) is 54.1 Å². The normalized spacial score (nSPS) is 10.5. The Morgan fingerprint density at radius 3 is 2.25 bits per heavy atom. The van der Waals surface area contributed by atoms with Crippen molar-refractivity contribution >= 4 is 22.5 Å². The summed E-state index contributed by atoms with van der Waals surface area (Å²) in [5.41, 5.74) is 1.58. The maximum Gasteiger partial charge on any atom is 0.342 e. The maximum atomic E-state index is 12.2. The molecule has 0 saturated heterocycles. The average Bonchev–Trinajstić information content (AvgIpc) is 2.59. The van der Waals surface area contributed by atoms with Crippen LogP contribution in [0, 0.1) is 6.92 Å². The zero-order valence-electron chi connectivity index (χ0n) is 13.2. The summed E-state index contributed by atoms with van der Waals surface area (Å²) in [6.45, 7) is 1.56. The van der Waals surface area contributed by atoms with E-state index in [2.05, 4.69) is 0 Å². The molecule has 0 bridgehead atoms. The number of fused-ring (bicyclic) bond motifs is 1. The van der Waals surface area contributed by atoms with Crippen molar-refractivity contribution < 1.29 is 19.4 Å². The van der Waals surface area contributed by atoms with Crippen LogP contribution in [0.25, 0.3) is 10.8 Å². The summed E-state index contributed by atoms with van der Waals surface area (Å²) in [5, 5.41) is 11.6. The number of ketones is 1. The Kier molecular flexibility index (Phi) is 4.29. The number of hydrogen-bond donors (Lipinski definition) is 1. The molecule has 3 aromatic rings. The highest BCUT2D eigenvalue weighted by Gasteiger charge is 2.16. The summed E-state index contributed by atoms with van der Waals surface area (Å²) >= 11 is 0. The van der Waals surface area contributed by atoms with E-state index in [-0.39, 0.29) is 23.7 Å². The molecule has 3 aromatic carbocycles. The lowest BCUT2D eigenvalue weighted by Gasteiger charge is -2.08. The second kappa shape index (κ2) is 6.54. The van der Waals surface area contributed by atoms with Gasteiger partial charge in [-0.05, 0) is 29.8 Å². The summed E-state index contributed by atoms with van der Waals surface area (Å²) in [6, 6.07) is 17.5. The number of benzene rings is 3. The Labute approximate surface area is 139 Å². The van der Waals surface area contributed by atoms with Gasteiger partial charge in [0.2, 0.25) is 0 Å². The fraction of sp³-hybridized carbons (Fsp3) is 0.100. The highest BCUT2D eigenvalue weighted by Crippen LogP contribution is 2.25. The van der Waals surface area contributed by atoms with Crippen LogP contribution in [0.1, 0.15) is 26.3 Å². The Morgan fingerprint density at radius 2 is 1.58 bits per heavy atom. The summed E-state index contributed by atoms with van der Waals surface area (Å²) in [5.74, 6) is -1.18. The van der Waals surface area contributed by atoms with E-state index >= 15 is 0 Å². The monoisotopic (exact) mass is 320 g/mol. The Balaban J connectivity index is 1.74. The number of Topliss-reactive ketones (excluding diaryl/α,β-unsaturated/α-hetero) is 1. The molecule has 0 aliphatic rings. The van der Waals surface area contributed by atoms with Crippen LogP contribution in [0.4, 0.5) is 0 Å². The molecule has 0 aromatic heterocycles. The third kappa shape index (κ3) is 3.27. The summed E-state index contributed by atoms with van der Waals surface area (Å²) < 4.78 is 5.06. The van der Waals surface area contributed by atoms with Crippen molar-refractivity contribution in [2.45, 2.75) is 6.92 Å². The molecule has 1 N–H and O–H groups in total. The van der Waals surface area contributed by atoms with Gasteiger partial charge in [-0.15, -0.1) is 0 Å². The SMILES string of the molecule is Cc1ccc(C(=O)COC(=O)c2cc3ccccc3cc2O)cc1. The molecule has 0 atom stereocenters. The number of ether oxygens (including phenoxy) is 1. The number of aryl methyl sites for hydroxylation is 1. The molecule has 4 heteroatoms. The largest absolute Gasteiger partial charge is 0.507 e. The van der Waals surface area contributed by atoms with Crippen molar-refractivity contribution in [3.63, 3.8) is 0 Å². The quantitative estimate of drug-likeness (QED) is 0.585. The molecule has 120 valence electrons. The van der Waals surface area contributed by atoms with Crippen molar-refractivity contribution in [3.05, 3.63) is 77.4 Å². The summed E-state index contributed by atoms with van der Waals surface area (Å²) in [4.78, 5) is 24.2. The second-order valence-corrected chi connectivity index (χ2v) is 5.58. The molecule has 0 fully saturated rings. The van der Waals surface area contributed by atoms with Crippen LogP contribution in [-0.4, -0.2) is 23.5 Å². The number of aromatic hydroxyl groups is 1. The third-order valence-electron chi connectivity index (χ3n) is 3.79. The maximum absolute atomic E-state index is 12.2. The minimum Gasteiger partial charge on any atom is -0.507 e. The van der Waals surface area contributed by atoms with Gasteiger partial charge < -0.3 is 9.84 Å². The van der Waals surface area contributed by atoms with Gasteiger partial charge in [0.1, 0.15) is 11.3 Å². The minimum absolute atomic E-state index is 0.0467. The third-order valence-corrected chi connectivity index (χ3v) is 3.79. The minimum atomic E-state index is -0.723. The predicted octanol–water partition coefficient (Wildman–Crippen LogP) is 3.89. The first-order chi connectivity index (χ1) is 11.5. The molecule has 0 amide bonds. The number of rotatable bonds is 4. The van der Waals surface area contributed by atoms with Gasteiger partial charge >= 0.3 is 5.97 Å². The van der Waals surface area contributed by atoms with E-state index in [1.54, 1.807) is 18.2 Å². The first-order valence-corrected chi connectivity index (χ1v) is 7.53. The number of esters is 1. The Hall–Kier alpha value is -3.14. The van der Waals surface area contributed by atoms with Crippen LogP contribution < -0.4 is 0 Å². The van der Waals surface area contributed by atoms with Crippen LogP contribution in [-0.2, 0) is 4.74 Å². The molecule has 0 saturated carbocycles. The molecule has 0 heterocycles. The van der Waals surface area contributed by atoms with E-state index < -0.39 is 5.97 Å². The van der Waals surface area contributed by atoms with Crippen LogP contribution in [0.5, 0.6) is 5.75 Å². The van der Waals surface area contributed by atoms with Gasteiger partial charge in [0.15, 0.2) is 12.4 Å². The molecular weight excluding hydrogens is 304 g/mol. The van der Waals surface area contributed by atoms with E-state index in [0.717, 1.165) is 16.3 Å². The number of phenols is 1. The van der Waals surface area contributed by atoms with E-state index in [1.807, 2.05) is 43.3 Å². The van der Waals surface area contributed by atoms with Gasteiger partial charge in [-0.25, -0.2) is 4.79 Å². The van der Waals surface area contributed by atoms with Crippen molar-refractivity contribution in [1.29, 1.82) is 0 Å². The van der Waals surface area contributed by atoms with Crippen molar-refractivity contribution in [2.75, 3.05) is 6.61 Å². The second-order valence-electron chi connectivity index (χ2n) is 5.58. The highest BCUT2D eigenvalue weighted by molar-refractivity contribution is 6.01. The average molecular weight is 320 g/mol. The van der Waals surface area contributed by atoms with E-state index in [9.17, 15) is 14.7 Å². The summed E-state index contributed by atoms with van der Waals surface area (Å²) in [7, 11) is 0. The first kappa shape index (κ1) is 15.7. The highest BCUT2D eigenvalue weighted by atomic mass is 16.5. The van der Waals surface area contributed by atoms with Crippen LogP contribution >= 0.6 is 0 Å². The van der Waals surface area contributed by atoms with Crippen molar-refractivity contribution in [1.82, 2.24) is 0 Å². The standard InChI is InChI=1S/C20H16O4/c1-13-6-8-14(9-7-13)19(22)12-24-20(23)17-10-15-4-2-3-5-16(15)11-18(17)21/h2-11,21H,12H2,1H3. The molecule has 0 aliphatic heterocycles. The van der Waals surface area contributed by atoms with E-state index in [4.69, 9.17) is 4.74 Å². The summed E-state index contributed by atoms with van der Waals surface area (Å²) in [6.07, 6.45) is 0. The Morgan fingerprint density at radius 1 is 0.958 bits per heavy atom. The van der Waals surface area contributed by atoms with Crippen LogP contribution in [0.2, 0.25) is 0 Å². The molecule has 0 unspecified atom stereocenters. The number of hydrogen-bond acceptors (Lipinski definition) is 4. The van der Waals surface area contributed by atoms with Gasteiger partial charge in [0.25, 0.3) is 0 Å². The van der Waals surface area contributed by atoms with Crippen LogP contribution in [0.3, 0.4) is 0 Å². The number of carbonyl (C=O) groups excluding carboxylic acids is 2. The number of phenolic OH excluding ortho intramolecular Hbond substituents is 1. The van der Waals surface area contributed by atoms with Crippen molar-refractivity contribution in [3.8, 4) is 5.75 Å². The van der Waals surface area contributed by atoms with Crippen LogP contribution in [0.15, 0.2) is 60.7 Å². The topological polar surface area (TPSA) is 63.6 Å². The van der Waals surface area contributed by atoms with E-state index in [0.29, 0.717) is 5.56 Å². The first-order valence-electron chi connectivity index (χ1n) is 7.53. The molecule has 0 radical (unpaired) electrons. The molecule has 0 aliphatic carbocycles. The molecular formula is C20H16O4. The zero-order chi connectivity index (χ0) is 17.1. The molecule has 0 spiro atoms. The lowest BCUT2D eigenvalue weighted by atomic mass is 10.1. The fourth-order valence-electron chi connectivity index (χ4n) is 2.42. The van der Waals surface area contributed by atoms with Gasteiger partial charge in [-0.2, -0.15) is 0 Å². The van der Waals surface area contributed by atoms with Gasteiger partial charge in [0.05, 0.1) is 0 Å². The van der Waals surface area contributed by atoms with Gasteiger partial charge in [0, 0.05) is 5.56 Å². The lowest BCUT2D eigenvalue weighted by Crippen LogP contribution is -2.14. The smallest absolute Gasteiger partial charge is 0.342 e. The molecule has 3 rings (SSSR count).